The van der Waals surface area contributed by atoms with E-state index in [4.69, 9.17) is 14.2 Å². The number of hydrogen-bond donors (Lipinski definition) is 0. The summed E-state index contributed by atoms with van der Waals surface area (Å²) in [5.74, 6) is 3.28. The minimum atomic E-state index is 0.478. The monoisotopic (exact) mass is 468 g/mol. The first-order valence-corrected chi connectivity index (χ1v) is 12.2. The van der Waals surface area contributed by atoms with Gasteiger partial charge in [-0.25, -0.2) is 0 Å². The number of ether oxygens (including phenoxy) is 3. The van der Waals surface area contributed by atoms with E-state index < -0.39 is 0 Å². The molecule has 30 heavy (non-hydrogen) atoms. The molecule has 3 aromatic rings. The number of benzene rings is 3. The first kappa shape index (κ1) is 20.8. The van der Waals surface area contributed by atoms with E-state index in [9.17, 15) is 0 Å². The average molecular weight is 467 g/mol. The van der Waals surface area contributed by atoms with Crippen molar-refractivity contribution in [3.63, 3.8) is 0 Å². The van der Waals surface area contributed by atoms with Crippen LogP contribution in [0.5, 0.6) is 17.2 Å². The molecule has 0 N–H and O–H groups in total. The molecule has 4 heteroatoms. The molecule has 0 aromatic heterocycles. The first-order chi connectivity index (χ1) is 14.7. The van der Waals surface area contributed by atoms with E-state index >= 15 is 0 Å². The van der Waals surface area contributed by atoms with Gasteiger partial charge in [0, 0.05) is 0 Å². The van der Waals surface area contributed by atoms with Crippen molar-refractivity contribution in [2.75, 3.05) is 21.3 Å². The van der Waals surface area contributed by atoms with Crippen molar-refractivity contribution in [1.29, 1.82) is 0 Å². The maximum atomic E-state index is 5.36. The van der Waals surface area contributed by atoms with Gasteiger partial charge in [0.1, 0.15) is 0 Å². The molecule has 1 heterocycles. The van der Waals surface area contributed by atoms with E-state index in [1.54, 1.807) is 21.3 Å². The second-order valence-corrected chi connectivity index (χ2v) is 10.6. The van der Waals surface area contributed by atoms with Crippen LogP contribution >= 0.6 is 0 Å². The molecule has 1 fully saturated rings. The number of hydrogen-bond acceptors (Lipinski definition) is 3. The molecule has 2 atom stereocenters. The predicted molar refractivity (Wildman–Crippen MR) is 122 cm³/mol. The summed E-state index contributed by atoms with van der Waals surface area (Å²) in [6.45, 7) is 0. The van der Waals surface area contributed by atoms with Gasteiger partial charge >= 0.3 is 186 Å². The Balaban J connectivity index is 1.63. The van der Waals surface area contributed by atoms with Crippen LogP contribution in [0, 0.1) is 0 Å². The van der Waals surface area contributed by atoms with Crippen LogP contribution in [0.25, 0.3) is 0 Å². The third kappa shape index (κ3) is 4.66. The van der Waals surface area contributed by atoms with Crippen molar-refractivity contribution in [3.8, 4) is 17.2 Å². The van der Waals surface area contributed by atoms with Gasteiger partial charge in [-0.3, -0.25) is 0 Å². The Morgan fingerprint density at radius 3 is 1.20 bits per heavy atom. The van der Waals surface area contributed by atoms with Gasteiger partial charge in [-0.2, -0.15) is 0 Å². The fraction of sp³-hybridized carbons (Fsp3) is 0.308. The van der Waals surface area contributed by atoms with Crippen molar-refractivity contribution in [2.45, 2.75) is 28.4 Å². The number of rotatable bonds is 6. The van der Waals surface area contributed by atoms with E-state index in [-0.39, 0.29) is 0 Å². The van der Waals surface area contributed by atoms with Crippen molar-refractivity contribution in [3.05, 3.63) is 89.5 Å². The zero-order valence-corrected chi connectivity index (χ0v) is 19.4. The fourth-order valence-electron chi connectivity index (χ4n) is 4.14. The molecule has 1 saturated heterocycles. The van der Waals surface area contributed by atoms with Crippen LogP contribution in [-0.4, -0.2) is 36.3 Å². The first-order valence-electron chi connectivity index (χ1n) is 10.3. The van der Waals surface area contributed by atoms with Crippen LogP contribution in [0.3, 0.4) is 0 Å². The molecule has 0 radical (unpaired) electrons. The predicted octanol–water partition coefficient (Wildman–Crippen LogP) is 5.78. The molecule has 1 aliphatic rings. The van der Waals surface area contributed by atoms with Gasteiger partial charge in [0.15, 0.2) is 0 Å². The van der Waals surface area contributed by atoms with E-state index in [0.29, 0.717) is 30.5 Å². The second-order valence-electron chi connectivity index (χ2n) is 7.60. The van der Waals surface area contributed by atoms with Gasteiger partial charge in [0.25, 0.3) is 0 Å². The summed E-state index contributed by atoms with van der Waals surface area (Å²) in [6.07, 6.45) is 2.37. The summed E-state index contributed by atoms with van der Waals surface area (Å²) in [6, 6.07) is 26.0. The van der Waals surface area contributed by atoms with Crippen LogP contribution in [0.15, 0.2) is 72.8 Å². The van der Waals surface area contributed by atoms with E-state index in [0.717, 1.165) is 17.2 Å². The van der Waals surface area contributed by atoms with Gasteiger partial charge in [0.05, 0.1) is 0 Å². The van der Waals surface area contributed by atoms with Gasteiger partial charge in [-0.05, 0) is 0 Å². The van der Waals surface area contributed by atoms with Gasteiger partial charge in [-0.15, -0.1) is 0 Å². The zero-order valence-electron chi connectivity index (χ0n) is 17.7. The Morgan fingerprint density at radius 1 is 0.533 bits per heavy atom. The van der Waals surface area contributed by atoms with Crippen molar-refractivity contribution in [1.82, 2.24) is 0 Å². The molecule has 156 valence electrons. The molecule has 3 aromatic carbocycles. The number of methoxy groups -OCH3 is 3. The Kier molecular flexibility index (Phi) is 6.66. The summed E-state index contributed by atoms with van der Waals surface area (Å²) in [4.78, 5) is 1.16. The molecule has 3 nitrogen and oxygen atoms in total. The van der Waals surface area contributed by atoms with Gasteiger partial charge < -0.3 is 0 Å². The minimum absolute atomic E-state index is 0.478. The Bertz CT molecular complexity index is 802. The van der Waals surface area contributed by atoms with Crippen LogP contribution in [0.4, 0.5) is 0 Å². The summed E-state index contributed by atoms with van der Waals surface area (Å²) in [5, 5.41) is 0. The standard InChI is InChI=1S/C26H28O3Se/c1-27-22-10-4-18(5-11-22)21-16-25(19-6-12-23(28-2)13-7-19)30-26(17-21)20-8-14-24(29-3)15-9-20/h4-15,21,25-26H,16-17H2,1-3H3. The Morgan fingerprint density at radius 2 is 0.867 bits per heavy atom. The molecule has 4 rings (SSSR count). The average Bonchev–Trinajstić information content (AvgIpc) is 2.84. The maximum absolute atomic E-state index is 5.36. The normalized spacial score (nSPS) is 21.1. The van der Waals surface area contributed by atoms with E-state index in [2.05, 4.69) is 72.8 Å². The van der Waals surface area contributed by atoms with Crippen LogP contribution in [0.1, 0.15) is 45.1 Å². The summed E-state index contributed by atoms with van der Waals surface area (Å²) in [7, 11) is 5.16. The molecule has 1 aliphatic heterocycles. The molecule has 0 aliphatic carbocycles. The molecule has 0 bridgehead atoms. The van der Waals surface area contributed by atoms with Gasteiger partial charge in [-0.1, -0.05) is 0 Å². The van der Waals surface area contributed by atoms with Crippen LogP contribution in [-0.2, 0) is 0 Å². The second kappa shape index (κ2) is 9.59. The Hall–Kier alpha value is -2.42. The van der Waals surface area contributed by atoms with E-state index in [1.165, 1.54) is 29.5 Å². The summed E-state index contributed by atoms with van der Waals surface area (Å²) >= 11 is 0.478. The topological polar surface area (TPSA) is 27.7 Å². The van der Waals surface area contributed by atoms with Crippen molar-refractivity contribution in [2.24, 2.45) is 0 Å². The van der Waals surface area contributed by atoms with Crippen LogP contribution < -0.4 is 14.2 Å². The third-order valence-corrected chi connectivity index (χ3v) is 9.22. The molecule has 0 spiro atoms. The van der Waals surface area contributed by atoms with E-state index in [1.807, 2.05) is 0 Å². The quantitative estimate of drug-likeness (QED) is 0.431. The summed E-state index contributed by atoms with van der Waals surface area (Å²) in [5.41, 5.74) is 4.25. The fourth-order valence-corrected chi connectivity index (χ4v) is 7.73. The molecule has 0 saturated carbocycles. The molecule has 0 amide bonds. The SMILES string of the molecule is COc1ccc(C2CC(c3ccc(OC)cc3)[Se]C(c3ccc(OC)cc3)C2)cc1. The van der Waals surface area contributed by atoms with Crippen molar-refractivity contribution >= 4 is 15.0 Å². The molecule has 2 unspecified atom stereocenters. The van der Waals surface area contributed by atoms with Crippen molar-refractivity contribution < 1.29 is 14.2 Å². The molecular formula is C26H28O3Se. The third-order valence-electron chi connectivity index (χ3n) is 5.89. The zero-order chi connectivity index (χ0) is 20.9. The van der Waals surface area contributed by atoms with Gasteiger partial charge in [0.2, 0.25) is 0 Å². The molecular weight excluding hydrogens is 439 g/mol. The van der Waals surface area contributed by atoms with Crippen LogP contribution in [0.2, 0.25) is 0 Å². The summed E-state index contributed by atoms with van der Waals surface area (Å²) < 4.78 is 16.1. The Labute approximate surface area is 185 Å².